The summed E-state index contributed by atoms with van der Waals surface area (Å²) < 4.78 is 1.99. The van der Waals surface area contributed by atoms with Gasteiger partial charge < -0.3 is 10.2 Å². The Morgan fingerprint density at radius 1 is 1.44 bits per heavy atom. The van der Waals surface area contributed by atoms with Gasteiger partial charge in [0.25, 0.3) is 0 Å². The standard InChI is InChI=1S/C14H26N4/c1-11-14(12(2)18(4)16-11)7-9-17(3)10-13-6-5-8-15-13/h13,15H,5-10H2,1-4H3/t13-/m1/s1. The molecule has 1 aromatic heterocycles. The van der Waals surface area contributed by atoms with Gasteiger partial charge in [-0.1, -0.05) is 0 Å². The molecule has 0 unspecified atom stereocenters. The van der Waals surface area contributed by atoms with Crippen LogP contribution in [-0.2, 0) is 13.5 Å². The average Bonchev–Trinajstić information content (AvgIpc) is 2.88. The molecule has 0 spiro atoms. The maximum atomic E-state index is 4.48. The van der Waals surface area contributed by atoms with E-state index in [-0.39, 0.29) is 0 Å². The second-order valence-corrected chi connectivity index (χ2v) is 5.58. The van der Waals surface area contributed by atoms with Gasteiger partial charge in [0.05, 0.1) is 5.69 Å². The van der Waals surface area contributed by atoms with Gasteiger partial charge in [0.15, 0.2) is 0 Å². The number of likely N-dealkylation sites (N-methyl/N-ethyl adjacent to an activating group) is 1. The van der Waals surface area contributed by atoms with Crippen molar-refractivity contribution in [3.8, 4) is 0 Å². The summed E-state index contributed by atoms with van der Waals surface area (Å²) in [4.78, 5) is 2.44. The lowest BCUT2D eigenvalue weighted by molar-refractivity contribution is 0.303. The van der Waals surface area contributed by atoms with Crippen LogP contribution in [0.4, 0.5) is 0 Å². The Balaban J connectivity index is 1.83. The molecule has 4 heteroatoms. The van der Waals surface area contributed by atoms with E-state index in [1.165, 1.54) is 42.9 Å². The predicted molar refractivity (Wildman–Crippen MR) is 74.9 cm³/mol. The number of aromatic nitrogens is 2. The third-order valence-electron chi connectivity index (χ3n) is 4.10. The fraction of sp³-hybridized carbons (Fsp3) is 0.786. The molecule has 1 N–H and O–H groups in total. The number of nitrogens with one attached hydrogen (secondary N) is 1. The van der Waals surface area contributed by atoms with E-state index in [1.807, 2.05) is 11.7 Å². The minimum atomic E-state index is 0.700. The molecule has 0 saturated carbocycles. The largest absolute Gasteiger partial charge is 0.313 e. The molecule has 2 heterocycles. The number of aryl methyl sites for hydroxylation is 2. The van der Waals surface area contributed by atoms with Crippen molar-refractivity contribution in [2.24, 2.45) is 7.05 Å². The Morgan fingerprint density at radius 2 is 2.22 bits per heavy atom. The molecule has 0 amide bonds. The normalized spacial score (nSPS) is 19.9. The molecule has 1 saturated heterocycles. The fourth-order valence-corrected chi connectivity index (χ4v) is 2.86. The van der Waals surface area contributed by atoms with Crippen LogP contribution in [0.15, 0.2) is 0 Å². The van der Waals surface area contributed by atoms with Crippen molar-refractivity contribution in [1.29, 1.82) is 0 Å². The predicted octanol–water partition coefficient (Wildman–Crippen LogP) is 1.26. The number of hydrogen-bond acceptors (Lipinski definition) is 3. The van der Waals surface area contributed by atoms with Crippen LogP contribution in [-0.4, -0.2) is 47.4 Å². The van der Waals surface area contributed by atoms with Gasteiger partial charge in [-0.15, -0.1) is 0 Å². The molecule has 1 aliphatic heterocycles. The van der Waals surface area contributed by atoms with Crippen molar-refractivity contribution in [2.75, 3.05) is 26.7 Å². The second kappa shape index (κ2) is 5.85. The Bertz CT molecular complexity index is 391. The molecular formula is C14H26N4. The van der Waals surface area contributed by atoms with Gasteiger partial charge in [0.2, 0.25) is 0 Å². The summed E-state index contributed by atoms with van der Waals surface area (Å²) in [5.41, 5.74) is 3.91. The van der Waals surface area contributed by atoms with Crippen molar-refractivity contribution < 1.29 is 0 Å². The van der Waals surface area contributed by atoms with Crippen LogP contribution in [0.1, 0.15) is 29.8 Å². The van der Waals surface area contributed by atoms with Gasteiger partial charge in [0.1, 0.15) is 0 Å². The van der Waals surface area contributed by atoms with Crippen molar-refractivity contribution in [3.63, 3.8) is 0 Å². The van der Waals surface area contributed by atoms with E-state index in [4.69, 9.17) is 0 Å². The van der Waals surface area contributed by atoms with Gasteiger partial charge in [-0.05, 0) is 52.3 Å². The molecular weight excluding hydrogens is 224 g/mol. The first-order valence-electron chi connectivity index (χ1n) is 6.99. The zero-order valence-corrected chi connectivity index (χ0v) is 12.2. The second-order valence-electron chi connectivity index (χ2n) is 5.58. The van der Waals surface area contributed by atoms with E-state index in [1.54, 1.807) is 0 Å². The minimum absolute atomic E-state index is 0.700. The van der Waals surface area contributed by atoms with Crippen LogP contribution in [0, 0.1) is 13.8 Å². The first kappa shape index (κ1) is 13.6. The smallest absolute Gasteiger partial charge is 0.0628 e. The molecule has 102 valence electrons. The quantitative estimate of drug-likeness (QED) is 0.854. The Labute approximate surface area is 110 Å². The monoisotopic (exact) mass is 250 g/mol. The molecule has 4 nitrogen and oxygen atoms in total. The van der Waals surface area contributed by atoms with Gasteiger partial charge in [-0.2, -0.15) is 5.10 Å². The van der Waals surface area contributed by atoms with E-state index in [9.17, 15) is 0 Å². The Morgan fingerprint density at radius 3 is 2.78 bits per heavy atom. The van der Waals surface area contributed by atoms with E-state index in [2.05, 4.69) is 36.2 Å². The third kappa shape index (κ3) is 3.12. The average molecular weight is 250 g/mol. The molecule has 1 aromatic rings. The van der Waals surface area contributed by atoms with Crippen LogP contribution in [0.2, 0.25) is 0 Å². The van der Waals surface area contributed by atoms with Gasteiger partial charge >= 0.3 is 0 Å². The van der Waals surface area contributed by atoms with E-state index in [0.717, 1.165) is 13.0 Å². The summed E-state index contributed by atoms with van der Waals surface area (Å²) in [6, 6.07) is 0.700. The summed E-state index contributed by atoms with van der Waals surface area (Å²) in [7, 11) is 4.25. The fourth-order valence-electron chi connectivity index (χ4n) is 2.86. The Hall–Kier alpha value is -0.870. The molecule has 1 aliphatic rings. The molecule has 18 heavy (non-hydrogen) atoms. The highest BCUT2D eigenvalue weighted by Gasteiger charge is 2.16. The lowest BCUT2D eigenvalue weighted by atomic mass is 10.1. The van der Waals surface area contributed by atoms with Crippen LogP contribution >= 0.6 is 0 Å². The van der Waals surface area contributed by atoms with Gasteiger partial charge in [0, 0.05) is 31.9 Å². The SMILES string of the molecule is Cc1nn(C)c(C)c1CCN(C)C[C@H]1CCCN1. The number of nitrogens with zero attached hydrogens (tertiary/aromatic N) is 3. The van der Waals surface area contributed by atoms with Crippen LogP contribution < -0.4 is 5.32 Å². The van der Waals surface area contributed by atoms with Crippen LogP contribution in [0.3, 0.4) is 0 Å². The third-order valence-corrected chi connectivity index (χ3v) is 4.10. The lowest BCUT2D eigenvalue weighted by Gasteiger charge is -2.21. The number of hydrogen-bond donors (Lipinski definition) is 1. The molecule has 0 aromatic carbocycles. The first-order valence-corrected chi connectivity index (χ1v) is 6.99. The molecule has 1 fully saturated rings. The van der Waals surface area contributed by atoms with Crippen LogP contribution in [0.5, 0.6) is 0 Å². The molecule has 0 bridgehead atoms. The molecule has 2 rings (SSSR count). The minimum Gasteiger partial charge on any atom is -0.313 e. The van der Waals surface area contributed by atoms with Crippen molar-refractivity contribution >= 4 is 0 Å². The van der Waals surface area contributed by atoms with E-state index >= 15 is 0 Å². The summed E-state index contributed by atoms with van der Waals surface area (Å²) in [6.07, 6.45) is 3.77. The first-order chi connectivity index (χ1) is 8.58. The molecule has 0 radical (unpaired) electrons. The zero-order chi connectivity index (χ0) is 13.1. The van der Waals surface area contributed by atoms with Crippen LogP contribution in [0.25, 0.3) is 0 Å². The summed E-state index contributed by atoms with van der Waals surface area (Å²) in [5, 5.41) is 8.03. The summed E-state index contributed by atoms with van der Waals surface area (Å²) >= 11 is 0. The van der Waals surface area contributed by atoms with Gasteiger partial charge in [-0.25, -0.2) is 0 Å². The maximum absolute atomic E-state index is 4.48. The number of rotatable bonds is 5. The van der Waals surface area contributed by atoms with Crippen molar-refractivity contribution in [1.82, 2.24) is 20.0 Å². The maximum Gasteiger partial charge on any atom is 0.0628 e. The molecule has 1 atom stereocenters. The van der Waals surface area contributed by atoms with Gasteiger partial charge in [-0.3, -0.25) is 4.68 Å². The molecule has 0 aliphatic carbocycles. The van der Waals surface area contributed by atoms with Crippen molar-refractivity contribution in [3.05, 3.63) is 17.0 Å². The summed E-state index contributed by atoms with van der Waals surface area (Å²) in [5.74, 6) is 0. The van der Waals surface area contributed by atoms with E-state index in [0.29, 0.717) is 6.04 Å². The lowest BCUT2D eigenvalue weighted by Crippen LogP contribution is -2.36. The highest BCUT2D eigenvalue weighted by Crippen LogP contribution is 2.13. The Kier molecular flexibility index (Phi) is 4.40. The topological polar surface area (TPSA) is 33.1 Å². The highest BCUT2D eigenvalue weighted by molar-refractivity contribution is 5.24. The summed E-state index contributed by atoms with van der Waals surface area (Å²) in [6.45, 7) is 7.75. The highest BCUT2D eigenvalue weighted by atomic mass is 15.3. The van der Waals surface area contributed by atoms with Crippen molar-refractivity contribution in [2.45, 2.75) is 39.2 Å². The van der Waals surface area contributed by atoms with E-state index < -0.39 is 0 Å². The zero-order valence-electron chi connectivity index (χ0n) is 12.2.